The number of hydrogen-bond donors (Lipinski definition) is 1. The molecule has 0 radical (unpaired) electrons. The Morgan fingerprint density at radius 2 is 1.80 bits per heavy atom. The molecule has 0 unspecified atom stereocenters. The summed E-state index contributed by atoms with van der Waals surface area (Å²) in [6.07, 6.45) is 0. The number of ether oxygens (including phenoxy) is 1. The van der Waals surface area contributed by atoms with Crippen molar-refractivity contribution in [3.63, 3.8) is 0 Å². The van der Waals surface area contributed by atoms with Crippen molar-refractivity contribution < 1.29 is 17.9 Å². The molecule has 1 amide bonds. The van der Waals surface area contributed by atoms with Gasteiger partial charge >= 0.3 is 0 Å². The first kappa shape index (κ1) is 22.1. The van der Waals surface area contributed by atoms with Crippen LogP contribution in [0.5, 0.6) is 5.75 Å². The number of hydrogen-bond acceptors (Lipinski definition) is 5. The van der Waals surface area contributed by atoms with Crippen molar-refractivity contribution in [1.82, 2.24) is 5.32 Å². The monoisotopic (exact) mass is 446 g/mol. The van der Waals surface area contributed by atoms with E-state index in [4.69, 9.17) is 4.74 Å². The number of carbonyl (C=O) groups excluding carboxylic acids is 1. The molecule has 0 bridgehead atoms. The molecule has 2 aromatic carbocycles. The van der Waals surface area contributed by atoms with Crippen molar-refractivity contribution in [3.05, 3.63) is 52.9 Å². The lowest BCUT2D eigenvalue weighted by molar-refractivity contribution is 0.0924. The molecule has 0 atom stereocenters. The van der Waals surface area contributed by atoms with Gasteiger partial charge in [-0.1, -0.05) is 6.07 Å². The molecule has 1 aromatic heterocycles. The molecule has 3 rings (SSSR count). The molecule has 8 heteroatoms. The van der Waals surface area contributed by atoms with Crippen molar-refractivity contribution in [2.24, 2.45) is 0 Å². The first-order valence-electron chi connectivity index (χ1n) is 9.42. The number of sulfonamides is 1. The van der Waals surface area contributed by atoms with Crippen LogP contribution in [0.1, 0.15) is 36.0 Å². The van der Waals surface area contributed by atoms with E-state index in [2.05, 4.69) is 5.32 Å². The Bertz CT molecular complexity index is 1210. The molecule has 0 spiro atoms. The van der Waals surface area contributed by atoms with Gasteiger partial charge in [0, 0.05) is 17.3 Å². The third kappa shape index (κ3) is 4.44. The number of benzene rings is 2. The van der Waals surface area contributed by atoms with Crippen LogP contribution in [-0.4, -0.2) is 34.0 Å². The van der Waals surface area contributed by atoms with E-state index in [1.54, 1.807) is 36.4 Å². The van der Waals surface area contributed by atoms with E-state index in [-0.39, 0.29) is 16.3 Å². The number of methoxy groups -OCH3 is 1. The average Bonchev–Trinajstić information content (AvgIpc) is 3.09. The number of anilines is 1. The number of carbonyl (C=O) groups is 1. The van der Waals surface area contributed by atoms with Gasteiger partial charge in [-0.15, -0.1) is 11.3 Å². The van der Waals surface area contributed by atoms with Crippen LogP contribution >= 0.6 is 11.3 Å². The topological polar surface area (TPSA) is 75.7 Å². The Labute approximate surface area is 181 Å². The highest BCUT2D eigenvalue weighted by molar-refractivity contribution is 7.93. The minimum atomic E-state index is -3.83. The Hall–Kier alpha value is -2.58. The van der Waals surface area contributed by atoms with E-state index >= 15 is 0 Å². The maximum absolute atomic E-state index is 13.3. The van der Waals surface area contributed by atoms with Crippen molar-refractivity contribution >= 4 is 43.0 Å². The molecule has 30 heavy (non-hydrogen) atoms. The molecular weight excluding hydrogens is 420 g/mol. The number of rotatable bonds is 5. The number of nitrogens with one attached hydrogen (secondary N) is 1. The molecule has 3 aromatic rings. The number of amides is 1. The lowest BCUT2D eigenvalue weighted by atomic mass is 10.1. The molecule has 0 aliphatic heterocycles. The average molecular weight is 447 g/mol. The lowest BCUT2D eigenvalue weighted by Crippen LogP contribution is -2.40. The summed E-state index contributed by atoms with van der Waals surface area (Å²) >= 11 is 1.38. The fourth-order valence-electron chi connectivity index (χ4n) is 3.01. The maximum Gasteiger partial charge on any atom is 0.267 e. The number of fused-ring (bicyclic) bond motifs is 1. The van der Waals surface area contributed by atoms with Crippen LogP contribution in [0.2, 0.25) is 0 Å². The normalized spacial score (nSPS) is 12.1. The minimum Gasteiger partial charge on any atom is -0.495 e. The second-order valence-electron chi connectivity index (χ2n) is 8.16. The fourth-order valence-corrected chi connectivity index (χ4v) is 5.38. The molecule has 0 fully saturated rings. The predicted molar refractivity (Wildman–Crippen MR) is 122 cm³/mol. The Morgan fingerprint density at radius 3 is 2.43 bits per heavy atom. The van der Waals surface area contributed by atoms with Crippen LogP contribution in [0.15, 0.2) is 47.4 Å². The van der Waals surface area contributed by atoms with Crippen molar-refractivity contribution in [2.45, 2.75) is 38.1 Å². The maximum atomic E-state index is 13.3. The summed E-state index contributed by atoms with van der Waals surface area (Å²) in [5.74, 6) is 0.154. The molecule has 6 nitrogen and oxygen atoms in total. The second-order valence-corrected chi connectivity index (χ2v) is 11.2. The molecule has 160 valence electrons. The minimum absolute atomic E-state index is 0.114. The predicted octanol–water partition coefficient (Wildman–Crippen LogP) is 4.57. The van der Waals surface area contributed by atoms with Crippen LogP contribution in [0.25, 0.3) is 10.1 Å². The van der Waals surface area contributed by atoms with E-state index in [9.17, 15) is 13.2 Å². The summed E-state index contributed by atoms with van der Waals surface area (Å²) in [5.41, 5.74) is 0.997. The second kappa shape index (κ2) is 7.92. The lowest BCUT2D eigenvalue weighted by Gasteiger charge is -2.21. The third-order valence-corrected chi connectivity index (χ3v) is 7.45. The number of thiophene rings is 1. The first-order valence-corrected chi connectivity index (χ1v) is 11.7. The highest BCUT2D eigenvalue weighted by Gasteiger charge is 2.26. The summed E-state index contributed by atoms with van der Waals surface area (Å²) in [5, 5.41) is 3.76. The molecular formula is C22H26N2O4S2. The zero-order valence-electron chi connectivity index (χ0n) is 17.9. The zero-order valence-corrected chi connectivity index (χ0v) is 19.6. The smallest absolute Gasteiger partial charge is 0.267 e. The summed E-state index contributed by atoms with van der Waals surface area (Å²) in [6, 6.07) is 12.2. The third-order valence-electron chi connectivity index (χ3n) is 4.53. The van der Waals surface area contributed by atoms with Crippen molar-refractivity contribution in [2.75, 3.05) is 18.5 Å². The van der Waals surface area contributed by atoms with Crippen molar-refractivity contribution in [3.8, 4) is 5.75 Å². The van der Waals surface area contributed by atoms with Gasteiger partial charge in [-0.2, -0.15) is 0 Å². The van der Waals surface area contributed by atoms with Gasteiger partial charge in [0.25, 0.3) is 15.9 Å². The SMILES string of the molecule is COc1ccc(C)cc1S(=O)(=O)N(C)c1ccc2sc(C(=O)NC(C)(C)C)cc2c1. The van der Waals surface area contributed by atoms with Gasteiger partial charge in [0.1, 0.15) is 10.6 Å². The zero-order chi connectivity index (χ0) is 22.3. The summed E-state index contributed by atoms with van der Waals surface area (Å²) in [4.78, 5) is 13.2. The molecule has 1 N–H and O–H groups in total. The summed E-state index contributed by atoms with van der Waals surface area (Å²) in [6.45, 7) is 7.61. The van der Waals surface area contributed by atoms with E-state index in [0.29, 0.717) is 16.3 Å². The van der Waals surface area contributed by atoms with Crippen LogP contribution in [0, 0.1) is 6.92 Å². The van der Waals surface area contributed by atoms with E-state index < -0.39 is 10.0 Å². The summed E-state index contributed by atoms with van der Waals surface area (Å²) in [7, 11) is -0.866. The van der Waals surface area contributed by atoms with Crippen LogP contribution in [0.3, 0.4) is 0 Å². The number of nitrogens with zero attached hydrogens (tertiary/aromatic N) is 1. The van der Waals surface area contributed by atoms with Gasteiger partial charge in [-0.3, -0.25) is 9.10 Å². The van der Waals surface area contributed by atoms with E-state index in [0.717, 1.165) is 15.6 Å². The molecule has 1 heterocycles. The van der Waals surface area contributed by atoms with E-state index in [1.807, 2.05) is 33.8 Å². The fraction of sp³-hybridized carbons (Fsp3) is 0.318. The van der Waals surface area contributed by atoms with Gasteiger partial charge in [-0.25, -0.2) is 8.42 Å². The highest BCUT2D eigenvalue weighted by Crippen LogP contribution is 2.33. The Morgan fingerprint density at radius 1 is 1.10 bits per heavy atom. The largest absolute Gasteiger partial charge is 0.495 e. The summed E-state index contributed by atoms with van der Waals surface area (Å²) < 4.78 is 33.9. The van der Waals surface area contributed by atoms with E-state index in [1.165, 1.54) is 29.8 Å². The first-order chi connectivity index (χ1) is 13.9. The van der Waals surface area contributed by atoms with Crippen LogP contribution in [-0.2, 0) is 10.0 Å². The molecule has 0 saturated heterocycles. The quantitative estimate of drug-likeness (QED) is 0.623. The van der Waals surface area contributed by atoms with Gasteiger partial charge in [-0.05, 0) is 75.0 Å². The van der Waals surface area contributed by atoms with Crippen LogP contribution < -0.4 is 14.4 Å². The van der Waals surface area contributed by atoms with Gasteiger partial charge < -0.3 is 10.1 Å². The standard InChI is InChI=1S/C22H26N2O4S2/c1-14-7-9-17(28-6)20(11-14)30(26,27)24(5)16-8-10-18-15(12-16)13-19(29-18)21(25)23-22(2,3)4/h7-13H,1-6H3,(H,23,25). The molecule has 0 aliphatic rings. The highest BCUT2D eigenvalue weighted by atomic mass is 32.2. The van der Waals surface area contributed by atoms with Gasteiger partial charge in [0.05, 0.1) is 17.7 Å². The Kier molecular flexibility index (Phi) is 5.84. The number of aryl methyl sites for hydroxylation is 1. The Balaban J connectivity index is 1.98. The van der Waals surface area contributed by atoms with Gasteiger partial charge in [0.15, 0.2) is 0 Å². The molecule has 0 aliphatic carbocycles. The molecule has 0 saturated carbocycles. The van der Waals surface area contributed by atoms with Crippen molar-refractivity contribution in [1.29, 1.82) is 0 Å². The van der Waals surface area contributed by atoms with Gasteiger partial charge in [0.2, 0.25) is 0 Å². The van der Waals surface area contributed by atoms with Crippen LogP contribution in [0.4, 0.5) is 5.69 Å².